The lowest BCUT2D eigenvalue weighted by molar-refractivity contribution is -0.121. The lowest BCUT2D eigenvalue weighted by Gasteiger charge is -2.32. The van der Waals surface area contributed by atoms with Crippen LogP contribution in [0.4, 0.5) is 5.82 Å². The Morgan fingerprint density at radius 1 is 1.35 bits per heavy atom. The van der Waals surface area contributed by atoms with Gasteiger partial charge in [-0.05, 0) is 36.6 Å². The lowest BCUT2D eigenvalue weighted by atomic mass is 10.1. The van der Waals surface area contributed by atoms with E-state index in [0.717, 1.165) is 47.5 Å². The third-order valence-corrected chi connectivity index (χ3v) is 5.22. The van der Waals surface area contributed by atoms with E-state index in [1.807, 2.05) is 42.6 Å². The zero-order valence-electron chi connectivity index (χ0n) is 15.0. The van der Waals surface area contributed by atoms with Gasteiger partial charge in [-0.25, -0.2) is 4.98 Å². The highest BCUT2D eigenvalue weighted by Gasteiger charge is 2.17. The summed E-state index contributed by atoms with van der Waals surface area (Å²) in [6, 6.07) is 12.0. The SMILES string of the molecule is CC1CN(c2ccc(CNC(=O)CCc3ccccc3Br)cn2)CCO1. The summed E-state index contributed by atoms with van der Waals surface area (Å²) in [6.07, 6.45) is 3.26. The number of ether oxygens (including phenoxy) is 1. The van der Waals surface area contributed by atoms with Crippen molar-refractivity contribution in [2.45, 2.75) is 32.4 Å². The summed E-state index contributed by atoms with van der Waals surface area (Å²) in [6.45, 7) is 5.03. The number of halogens is 1. The number of hydrogen-bond acceptors (Lipinski definition) is 4. The fourth-order valence-corrected chi connectivity index (χ4v) is 3.46. The van der Waals surface area contributed by atoms with Crippen LogP contribution in [-0.4, -0.2) is 36.7 Å². The summed E-state index contributed by atoms with van der Waals surface area (Å²) < 4.78 is 6.61. The topological polar surface area (TPSA) is 54.5 Å². The summed E-state index contributed by atoms with van der Waals surface area (Å²) in [4.78, 5) is 18.8. The number of carbonyl (C=O) groups is 1. The molecule has 0 spiro atoms. The maximum atomic E-state index is 12.1. The van der Waals surface area contributed by atoms with Crippen molar-refractivity contribution in [2.24, 2.45) is 0 Å². The normalized spacial score (nSPS) is 17.2. The van der Waals surface area contributed by atoms with E-state index in [0.29, 0.717) is 13.0 Å². The molecule has 2 aromatic rings. The molecule has 138 valence electrons. The van der Waals surface area contributed by atoms with Crippen molar-refractivity contribution in [3.63, 3.8) is 0 Å². The van der Waals surface area contributed by atoms with E-state index < -0.39 is 0 Å². The van der Waals surface area contributed by atoms with Crippen LogP contribution in [0.1, 0.15) is 24.5 Å². The number of carbonyl (C=O) groups excluding carboxylic acids is 1. The smallest absolute Gasteiger partial charge is 0.220 e. The third-order valence-electron chi connectivity index (χ3n) is 4.44. The highest BCUT2D eigenvalue weighted by atomic mass is 79.9. The van der Waals surface area contributed by atoms with E-state index in [1.54, 1.807) is 0 Å². The van der Waals surface area contributed by atoms with Gasteiger partial charge in [0.25, 0.3) is 0 Å². The Morgan fingerprint density at radius 3 is 2.92 bits per heavy atom. The summed E-state index contributed by atoms with van der Waals surface area (Å²) in [5, 5.41) is 2.97. The summed E-state index contributed by atoms with van der Waals surface area (Å²) in [5.41, 5.74) is 2.15. The summed E-state index contributed by atoms with van der Waals surface area (Å²) >= 11 is 3.51. The molecular weight excluding hydrogens is 394 g/mol. The average Bonchev–Trinajstić information content (AvgIpc) is 2.66. The van der Waals surface area contributed by atoms with Gasteiger partial charge in [0.05, 0.1) is 12.7 Å². The highest BCUT2D eigenvalue weighted by Crippen LogP contribution is 2.18. The summed E-state index contributed by atoms with van der Waals surface area (Å²) in [5.74, 6) is 1.01. The quantitative estimate of drug-likeness (QED) is 0.782. The number of aryl methyl sites for hydroxylation is 1. The molecule has 1 unspecified atom stereocenters. The Hall–Kier alpha value is -1.92. The zero-order chi connectivity index (χ0) is 18.4. The Labute approximate surface area is 162 Å². The van der Waals surface area contributed by atoms with Crippen LogP contribution in [0.25, 0.3) is 0 Å². The number of anilines is 1. The maximum Gasteiger partial charge on any atom is 0.220 e. The van der Waals surface area contributed by atoms with Gasteiger partial charge in [-0.2, -0.15) is 0 Å². The fourth-order valence-electron chi connectivity index (χ4n) is 2.97. The molecule has 0 saturated carbocycles. The van der Waals surface area contributed by atoms with Gasteiger partial charge in [-0.3, -0.25) is 4.79 Å². The molecular formula is C20H24BrN3O2. The van der Waals surface area contributed by atoms with Gasteiger partial charge in [0.15, 0.2) is 0 Å². The standard InChI is InChI=1S/C20H24BrN3O2/c1-15-14-24(10-11-26-15)19-8-6-16(12-22-19)13-23-20(25)9-7-17-4-2-3-5-18(17)21/h2-6,8,12,15H,7,9-11,13-14H2,1H3,(H,23,25). The third kappa shape index (κ3) is 5.29. The predicted octanol–water partition coefficient (Wildman–Crippen LogP) is 3.32. The second-order valence-electron chi connectivity index (χ2n) is 6.52. The number of rotatable bonds is 6. The molecule has 5 nitrogen and oxygen atoms in total. The molecule has 1 aromatic carbocycles. The zero-order valence-corrected chi connectivity index (χ0v) is 16.5. The molecule has 1 aliphatic rings. The van der Waals surface area contributed by atoms with Crippen LogP contribution in [0, 0.1) is 0 Å². The van der Waals surface area contributed by atoms with E-state index in [4.69, 9.17) is 4.74 Å². The molecule has 1 aliphatic heterocycles. The number of pyridine rings is 1. The minimum atomic E-state index is 0.0480. The number of aromatic nitrogens is 1. The number of amides is 1. The minimum absolute atomic E-state index is 0.0480. The number of nitrogens with zero attached hydrogens (tertiary/aromatic N) is 2. The Kier molecular flexibility index (Phi) is 6.63. The Morgan fingerprint density at radius 2 is 2.19 bits per heavy atom. The van der Waals surface area contributed by atoms with Crippen molar-refractivity contribution in [3.05, 3.63) is 58.2 Å². The van der Waals surface area contributed by atoms with Crippen molar-refractivity contribution < 1.29 is 9.53 Å². The van der Waals surface area contributed by atoms with Gasteiger partial charge in [0.2, 0.25) is 5.91 Å². The monoisotopic (exact) mass is 417 g/mol. The largest absolute Gasteiger partial charge is 0.375 e. The van der Waals surface area contributed by atoms with Gasteiger partial charge in [-0.1, -0.05) is 40.2 Å². The number of morpholine rings is 1. The van der Waals surface area contributed by atoms with Crippen molar-refractivity contribution in [1.29, 1.82) is 0 Å². The number of hydrogen-bond donors (Lipinski definition) is 1. The van der Waals surface area contributed by atoms with E-state index in [-0.39, 0.29) is 12.0 Å². The number of benzene rings is 1. The van der Waals surface area contributed by atoms with Gasteiger partial charge >= 0.3 is 0 Å². The van der Waals surface area contributed by atoms with Crippen molar-refractivity contribution in [1.82, 2.24) is 10.3 Å². The second kappa shape index (κ2) is 9.14. The molecule has 2 heterocycles. The molecule has 26 heavy (non-hydrogen) atoms. The first kappa shape index (κ1) is 18.9. The molecule has 6 heteroatoms. The van der Waals surface area contributed by atoms with E-state index in [2.05, 4.69) is 38.1 Å². The van der Waals surface area contributed by atoms with Gasteiger partial charge < -0.3 is 15.0 Å². The van der Waals surface area contributed by atoms with Crippen LogP contribution >= 0.6 is 15.9 Å². The first-order valence-corrected chi connectivity index (χ1v) is 9.72. The van der Waals surface area contributed by atoms with Crippen molar-refractivity contribution in [2.75, 3.05) is 24.6 Å². The van der Waals surface area contributed by atoms with E-state index in [9.17, 15) is 4.79 Å². The molecule has 0 aliphatic carbocycles. The average molecular weight is 418 g/mol. The molecule has 1 amide bonds. The van der Waals surface area contributed by atoms with E-state index >= 15 is 0 Å². The molecule has 1 atom stereocenters. The van der Waals surface area contributed by atoms with Gasteiger partial charge in [0.1, 0.15) is 5.82 Å². The number of nitrogens with one attached hydrogen (secondary N) is 1. The van der Waals surface area contributed by atoms with Crippen LogP contribution in [0.15, 0.2) is 47.1 Å². The van der Waals surface area contributed by atoms with Crippen LogP contribution in [0.2, 0.25) is 0 Å². The molecule has 1 fully saturated rings. The molecule has 0 radical (unpaired) electrons. The molecule has 1 aromatic heterocycles. The van der Waals surface area contributed by atoms with Crippen LogP contribution < -0.4 is 10.2 Å². The Balaban J connectivity index is 1.45. The fraction of sp³-hybridized carbons (Fsp3) is 0.400. The first-order chi connectivity index (χ1) is 12.6. The highest BCUT2D eigenvalue weighted by molar-refractivity contribution is 9.10. The van der Waals surface area contributed by atoms with E-state index in [1.165, 1.54) is 0 Å². The second-order valence-corrected chi connectivity index (χ2v) is 7.37. The first-order valence-electron chi connectivity index (χ1n) is 8.93. The molecule has 0 bridgehead atoms. The van der Waals surface area contributed by atoms with Gasteiger partial charge in [0, 0.05) is 36.7 Å². The summed E-state index contributed by atoms with van der Waals surface area (Å²) in [7, 11) is 0. The molecule has 1 saturated heterocycles. The lowest BCUT2D eigenvalue weighted by Crippen LogP contribution is -2.41. The molecule has 3 rings (SSSR count). The predicted molar refractivity (Wildman–Crippen MR) is 106 cm³/mol. The van der Waals surface area contributed by atoms with Gasteiger partial charge in [-0.15, -0.1) is 0 Å². The van der Waals surface area contributed by atoms with Crippen LogP contribution in [0.3, 0.4) is 0 Å². The Bertz CT molecular complexity index is 736. The van der Waals surface area contributed by atoms with Crippen molar-refractivity contribution >= 4 is 27.7 Å². The minimum Gasteiger partial charge on any atom is -0.375 e. The molecule has 1 N–H and O–H groups in total. The van der Waals surface area contributed by atoms with Crippen molar-refractivity contribution in [3.8, 4) is 0 Å². The van der Waals surface area contributed by atoms with Crippen LogP contribution in [0.5, 0.6) is 0 Å². The maximum absolute atomic E-state index is 12.1. The van der Waals surface area contributed by atoms with Crippen LogP contribution in [-0.2, 0) is 22.5 Å².